The van der Waals surface area contributed by atoms with Gasteiger partial charge in [0.2, 0.25) is 10.0 Å². The van der Waals surface area contributed by atoms with Crippen LogP contribution >= 0.6 is 0 Å². The minimum Gasteiger partial charge on any atom is -0.347 e. The Morgan fingerprint density at radius 1 is 1.44 bits per heavy atom. The molecule has 2 aromatic heterocycles. The molecule has 9 heteroatoms. The first-order valence-electron chi connectivity index (χ1n) is 5.31. The summed E-state index contributed by atoms with van der Waals surface area (Å²) in [6, 6.07) is 0. The normalized spacial score (nSPS) is 11.8. The predicted molar refractivity (Wildman–Crippen MR) is 63.9 cm³/mol. The molecule has 0 amide bonds. The number of nitrogens with two attached hydrogens (primary N) is 1. The van der Waals surface area contributed by atoms with Crippen LogP contribution in [0.5, 0.6) is 0 Å². The summed E-state index contributed by atoms with van der Waals surface area (Å²) in [5.74, 6) is 0. The fraction of sp³-hybridized carbons (Fsp3) is 0.333. The molecule has 0 bridgehead atoms. The minimum atomic E-state index is -3.56. The van der Waals surface area contributed by atoms with Crippen molar-refractivity contribution in [3.8, 4) is 0 Å². The van der Waals surface area contributed by atoms with Crippen LogP contribution in [0.1, 0.15) is 5.69 Å². The lowest BCUT2D eigenvalue weighted by molar-refractivity contribution is 0.579. The summed E-state index contributed by atoms with van der Waals surface area (Å²) in [7, 11) is -3.56. The molecule has 0 spiro atoms. The van der Waals surface area contributed by atoms with Gasteiger partial charge in [-0.1, -0.05) is 0 Å². The third kappa shape index (κ3) is 2.94. The van der Waals surface area contributed by atoms with Gasteiger partial charge in [-0.3, -0.25) is 4.68 Å². The molecular formula is C9H14N6O2S. The van der Waals surface area contributed by atoms with E-state index >= 15 is 0 Å². The van der Waals surface area contributed by atoms with Gasteiger partial charge in [-0.25, -0.2) is 18.1 Å². The molecular weight excluding hydrogens is 256 g/mol. The zero-order valence-electron chi connectivity index (χ0n) is 9.57. The second kappa shape index (κ2) is 5.29. The molecule has 2 aromatic rings. The molecule has 0 aliphatic heterocycles. The average Bonchev–Trinajstić information content (AvgIpc) is 2.98. The van der Waals surface area contributed by atoms with Gasteiger partial charge in [0.1, 0.15) is 4.90 Å². The molecule has 0 unspecified atom stereocenters. The van der Waals surface area contributed by atoms with Crippen molar-refractivity contribution in [2.75, 3.05) is 6.54 Å². The standard InChI is InChI=1S/C9H14N6O2S/c10-1-2-15-6-9(5-13-15)18(16,17)14-4-8-3-11-7-12-8/h3,5-7,14H,1-2,4,10H2,(H,11,12). The number of aromatic amines is 1. The lowest BCUT2D eigenvalue weighted by atomic mass is 10.5. The zero-order valence-corrected chi connectivity index (χ0v) is 10.4. The van der Waals surface area contributed by atoms with E-state index in [1.807, 2.05) is 0 Å². The molecule has 2 rings (SSSR count). The fourth-order valence-corrected chi connectivity index (χ4v) is 2.33. The van der Waals surface area contributed by atoms with E-state index < -0.39 is 10.0 Å². The van der Waals surface area contributed by atoms with Crippen LogP contribution in [0.4, 0.5) is 0 Å². The number of imidazole rings is 1. The number of sulfonamides is 1. The molecule has 0 aliphatic carbocycles. The van der Waals surface area contributed by atoms with E-state index in [0.717, 1.165) is 0 Å². The summed E-state index contributed by atoms with van der Waals surface area (Å²) in [4.78, 5) is 6.74. The van der Waals surface area contributed by atoms with Crippen molar-refractivity contribution >= 4 is 10.0 Å². The quantitative estimate of drug-likeness (QED) is 0.625. The SMILES string of the molecule is NCCn1cc(S(=O)(=O)NCc2cnc[nH]2)cn1. The Morgan fingerprint density at radius 3 is 2.94 bits per heavy atom. The monoisotopic (exact) mass is 270 g/mol. The van der Waals surface area contributed by atoms with Crippen molar-refractivity contribution < 1.29 is 8.42 Å². The molecule has 0 fully saturated rings. The summed E-state index contributed by atoms with van der Waals surface area (Å²) in [6.07, 6.45) is 5.79. The van der Waals surface area contributed by atoms with E-state index in [4.69, 9.17) is 5.73 Å². The number of rotatable bonds is 6. The van der Waals surface area contributed by atoms with Crippen molar-refractivity contribution in [1.29, 1.82) is 0 Å². The first kappa shape index (κ1) is 12.7. The highest BCUT2D eigenvalue weighted by Gasteiger charge is 2.16. The van der Waals surface area contributed by atoms with Crippen LogP contribution < -0.4 is 10.5 Å². The molecule has 0 radical (unpaired) electrons. The number of hydrogen-bond donors (Lipinski definition) is 3. The second-order valence-corrected chi connectivity index (χ2v) is 5.40. The van der Waals surface area contributed by atoms with E-state index in [0.29, 0.717) is 18.8 Å². The average molecular weight is 270 g/mol. The Labute approximate surface area is 104 Å². The topological polar surface area (TPSA) is 119 Å². The Bertz CT molecular complexity index is 588. The number of nitrogens with zero attached hydrogens (tertiary/aromatic N) is 3. The molecule has 2 heterocycles. The van der Waals surface area contributed by atoms with Crippen LogP contribution in [0.2, 0.25) is 0 Å². The van der Waals surface area contributed by atoms with Crippen LogP contribution in [0, 0.1) is 0 Å². The van der Waals surface area contributed by atoms with Crippen LogP contribution in [-0.4, -0.2) is 34.7 Å². The Kier molecular flexibility index (Phi) is 3.75. The molecule has 18 heavy (non-hydrogen) atoms. The maximum Gasteiger partial charge on any atom is 0.244 e. The number of nitrogens with one attached hydrogen (secondary N) is 2. The number of hydrogen-bond acceptors (Lipinski definition) is 5. The zero-order chi connectivity index (χ0) is 13.0. The van der Waals surface area contributed by atoms with E-state index in [2.05, 4.69) is 19.8 Å². The first-order valence-corrected chi connectivity index (χ1v) is 6.79. The van der Waals surface area contributed by atoms with Gasteiger partial charge in [0, 0.05) is 24.6 Å². The van der Waals surface area contributed by atoms with E-state index in [1.54, 1.807) is 6.20 Å². The Balaban J connectivity index is 2.05. The van der Waals surface area contributed by atoms with Crippen LogP contribution in [0.25, 0.3) is 0 Å². The Morgan fingerprint density at radius 2 is 2.28 bits per heavy atom. The third-order valence-corrected chi connectivity index (χ3v) is 3.64. The predicted octanol–water partition coefficient (Wildman–Crippen LogP) is -0.957. The molecule has 0 aromatic carbocycles. The molecule has 98 valence electrons. The summed E-state index contributed by atoms with van der Waals surface area (Å²) < 4.78 is 27.8. The highest BCUT2D eigenvalue weighted by atomic mass is 32.2. The van der Waals surface area contributed by atoms with Gasteiger partial charge in [-0.15, -0.1) is 0 Å². The van der Waals surface area contributed by atoms with Gasteiger partial charge < -0.3 is 10.7 Å². The number of aromatic nitrogens is 4. The second-order valence-electron chi connectivity index (χ2n) is 3.63. The van der Waals surface area contributed by atoms with Gasteiger partial charge in [0.05, 0.1) is 25.6 Å². The summed E-state index contributed by atoms with van der Waals surface area (Å²) >= 11 is 0. The van der Waals surface area contributed by atoms with E-state index in [9.17, 15) is 8.42 Å². The lowest BCUT2D eigenvalue weighted by Gasteiger charge is -2.02. The van der Waals surface area contributed by atoms with Gasteiger partial charge in [0.15, 0.2) is 0 Å². The highest BCUT2D eigenvalue weighted by molar-refractivity contribution is 7.89. The molecule has 4 N–H and O–H groups in total. The number of H-pyrrole nitrogens is 1. The minimum absolute atomic E-state index is 0.121. The molecule has 0 saturated heterocycles. The van der Waals surface area contributed by atoms with Gasteiger partial charge in [0.25, 0.3) is 0 Å². The first-order chi connectivity index (χ1) is 8.62. The van der Waals surface area contributed by atoms with Crippen molar-refractivity contribution in [3.05, 3.63) is 30.6 Å². The van der Waals surface area contributed by atoms with Crippen LogP contribution in [-0.2, 0) is 23.1 Å². The van der Waals surface area contributed by atoms with E-state index in [1.165, 1.54) is 23.4 Å². The van der Waals surface area contributed by atoms with Gasteiger partial charge in [-0.05, 0) is 0 Å². The van der Waals surface area contributed by atoms with Crippen molar-refractivity contribution in [3.63, 3.8) is 0 Å². The molecule has 0 saturated carbocycles. The summed E-state index contributed by atoms with van der Waals surface area (Å²) in [6.45, 7) is 1.04. The smallest absolute Gasteiger partial charge is 0.244 e. The summed E-state index contributed by atoms with van der Waals surface area (Å²) in [5.41, 5.74) is 6.05. The van der Waals surface area contributed by atoms with Crippen molar-refractivity contribution in [2.45, 2.75) is 18.0 Å². The maximum atomic E-state index is 11.9. The molecule has 8 nitrogen and oxygen atoms in total. The third-order valence-electron chi connectivity index (χ3n) is 2.29. The molecule has 0 aliphatic rings. The van der Waals surface area contributed by atoms with Gasteiger partial charge in [-0.2, -0.15) is 5.10 Å². The Hall–Kier alpha value is -1.71. The largest absolute Gasteiger partial charge is 0.347 e. The maximum absolute atomic E-state index is 11.9. The fourth-order valence-electron chi connectivity index (χ4n) is 1.38. The van der Waals surface area contributed by atoms with Crippen molar-refractivity contribution in [1.82, 2.24) is 24.5 Å². The highest BCUT2D eigenvalue weighted by Crippen LogP contribution is 2.07. The van der Waals surface area contributed by atoms with Crippen LogP contribution in [0.15, 0.2) is 29.8 Å². The van der Waals surface area contributed by atoms with Crippen molar-refractivity contribution in [2.24, 2.45) is 5.73 Å². The van der Waals surface area contributed by atoms with Gasteiger partial charge >= 0.3 is 0 Å². The van der Waals surface area contributed by atoms with E-state index in [-0.39, 0.29) is 11.4 Å². The lowest BCUT2D eigenvalue weighted by Crippen LogP contribution is -2.23. The molecule has 0 atom stereocenters. The van der Waals surface area contributed by atoms with Crippen LogP contribution in [0.3, 0.4) is 0 Å². The summed E-state index contributed by atoms with van der Waals surface area (Å²) in [5, 5.41) is 3.91.